The van der Waals surface area contributed by atoms with Gasteiger partial charge in [0, 0.05) is 6.42 Å². The highest BCUT2D eigenvalue weighted by Crippen LogP contribution is 2.22. The number of amides is 1. The molecule has 1 fully saturated rings. The van der Waals surface area contributed by atoms with Crippen molar-refractivity contribution in [3.63, 3.8) is 0 Å². The van der Waals surface area contributed by atoms with Crippen molar-refractivity contribution in [3.05, 3.63) is 36.5 Å². The maximum Gasteiger partial charge on any atom is 0.220 e. The van der Waals surface area contributed by atoms with Crippen LogP contribution in [0.5, 0.6) is 0 Å². The number of aliphatic hydroxyl groups is 5. The molecule has 53 heavy (non-hydrogen) atoms. The molecule has 1 rings (SSSR count). The van der Waals surface area contributed by atoms with E-state index in [4.69, 9.17) is 9.47 Å². The van der Waals surface area contributed by atoms with Crippen molar-refractivity contribution in [1.82, 2.24) is 5.32 Å². The molecule has 7 unspecified atom stereocenters. The lowest BCUT2D eigenvalue weighted by molar-refractivity contribution is -0.302. The number of rotatable bonds is 35. The number of allylic oxidation sites excluding steroid dienone is 5. The van der Waals surface area contributed by atoms with Crippen molar-refractivity contribution in [1.29, 1.82) is 0 Å². The maximum atomic E-state index is 12.6. The molecule has 0 aromatic rings. The fraction of sp³-hybridized carbons (Fsp3) is 0.841. The van der Waals surface area contributed by atoms with Crippen LogP contribution in [-0.2, 0) is 14.3 Å². The van der Waals surface area contributed by atoms with Gasteiger partial charge in [0.25, 0.3) is 0 Å². The third kappa shape index (κ3) is 26.0. The van der Waals surface area contributed by atoms with Gasteiger partial charge in [-0.2, -0.15) is 0 Å². The number of carbonyl (C=O) groups is 1. The van der Waals surface area contributed by atoms with Gasteiger partial charge in [-0.1, -0.05) is 166 Å². The van der Waals surface area contributed by atoms with Gasteiger partial charge in [0.2, 0.25) is 5.91 Å². The Morgan fingerprint density at radius 2 is 1.08 bits per heavy atom. The molecule has 1 heterocycles. The van der Waals surface area contributed by atoms with Crippen LogP contribution in [0.3, 0.4) is 0 Å². The molecule has 1 saturated heterocycles. The fourth-order valence-electron chi connectivity index (χ4n) is 6.66. The van der Waals surface area contributed by atoms with E-state index in [9.17, 15) is 30.3 Å². The molecule has 0 spiro atoms. The highest BCUT2D eigenvalue weighted by Gasteiger charge is 2.44. The van der Waals surface area contributed by atoms with Gasteiger partial charge in [0.1, 0.15) is 24.4 Å². The van der Waals surface area contributed by atoms with Crippen LogP contribution in [0.15, 0.2) is 36.5 Å². The molecule has 0 aromatic carbocycles. The van der Waals surface area contributed by atoms with E-state index in [0.717, 1.165) is 51.4 Å². The van der Waals surface area contributed by atoms with Crippen molar-refractivity contribution in [2.45, 2.75) is 224 Å². The Labute approximate surface area is 323 Å². The Morgan fingerprint density at radius 1 is 0.623 bits per heavy atom. The van der Waals surface area contributed by atoms with Crippen LogP contribution < -0.4 is 5.32 Å². The highest BCUT2D eigenvalue weighted by atomic mass is 16.7. The van der Waals surface area contributed by atoms with Gasteiger partial charge in [-0.15, -0.1) is 0 Å². The van der Waals surface area contributed by atoms with Crippen molar-refractivity contribution in [2.24, 2.45) is 0 Å². The summed E-state index contributed by atoms with van der Waals surface area (Å²) in [5.41, 5.74) is 0. The zero-order valence-electron chi connectivity index (χ0n) is 33.8. The summed E-state index contributed by atoms with van der Waals surface area (Å²) in [6.45, 7) is 3.61. The second-order valence-corrected chi connectivity index (χ2v) is 15.1. The lowest BCUT2D eigenvalue weighted by Crippen LogP contribution is -2.60. The molecule has 9 heteroatoms. The summed E-state index contributed by atoms with van der Waals surface area (Å²) in [6, 6.07) is -0.821. The standard InChI is InChI=1S/C44H81NO8/c1-3-5-7-9-10-11-12-13-14-15-16-17-18-19-20-21-22-23-24-25-26-27-28-29-30-31-33-38(47)37(45-40(48)34-32-8-6-4-2)36-52-44-43(51)42(50)41(49)39(35-46)53-44/h23-24,27-28,31,33,37-39,41-44,46-47,49-51H,3-22,25-26,29-30,32,34-36H2,1-2H3,(H,45,48)/b24-23+,28-27+,33-31+. The van der Waals surface area contributed by atoms with Crippen LogP contribution in [0.2, 0.25) is 0 Å². The van der Waals surface area contributed by atoms with Gasteiger partial charge in [-0.25, -0.2) is 0 Å². The average Bonchev–Trinajstić information content (AvgIpc) is 3.16. The third-order valence-corrected chi connectivity index (χ3v) is 10.2. The fourth-order valence-corrected chi connectivity index (χ4v) is 6.66. The van der Waals surface area contributed by atoms with Crippen LogP contribution in [-0.4, -0.2) is 87.5 Å². The molecule has 0 aliphatic carbocycles. The maximum absolute atomic E-state index is 12.6. The van der Waals surface area contributed by atoms with Gasteiger partial charge in [-0.05, 0) is 44.9 Å². The minimum Gasteiger partial charge on any atom is -0.394 e. The van der Waals surface area contributed by atoms with Crippen molar-refractivity contribution in [3.8, 4) is 0 Å². The SMILES string of the molecule is CCCCCCCCCCCCCCCCCC/C=C/CC/C=C/CC/C=C/C(O)C(COC1OC(CO)C(O)C(O)C1O)NC(=O)CCCCCC. The second-order valence-electron chi connectivity index (χ2n) is 15.1. The number of hydrogen-bond donors (Lipinski definition) is 6. The molecule has 0 radical (unpaired) electrons. The zero-order valence-corrected chi connectivity index (χ0v) is 33.8. The molecule has 0 saturated carbocycles. The number of aliphatic hydroxyl groups excluding tert-OH is 5. The number of carbonyl (C=O) groups excluding carboxylic acids is 1. The average molecular weight is 752 g/mol. The molecule has 1 aliphatic heterocycles. The number of ether oxygens (including phenoxy) is 2. The first-order valence-corrected chi connectivity index (χ1v) is 21.7. The van der Waals surface area contributed by atoms with Crippen molar-refractivity contribution in [2.75, 3.05) is 13.2 Å². The first-order chi connectivity index (χ1) is 25.8. The largest absolute Gasteiger partial charge is 0.394 e. The topological polar surface area (TPSA) is 149 Å². The van der Waals surface area contributed by atoms with Gasteiger partial charge in [0.15, 0.2) is 6.29 Å². The normalized spacial score (nSPS) is 22.0. The van der Waals surface area contributed by atoms with E-state index in [2.05, 4.69) is 43.5 Å². The molecular weight excluding hydrogens is 670 g/mol. The Kier molecular flexibility index (Phi) is 32.5. The van der Waals surface area contributed by atoms with Crippen LogP contribution in [0, 0.1) is 0 Å². The van der Waals surface area contributed by atoms with E-state index in [-0.39, 0.29) is 12.5 Å². The highest BCUT2D eigenvalue weighted by molar-refractivity contribution is 5.76. The van der Waals surface area contributed by atoms with Gasteiger partial charge >= 0.3 is 0 Å². The van der Waals surface area contributed by atoms with Crippen LogP contribution in [0.25, 0.3) is 0 Å². The molecule has 1 amide bonds. The summed E-state index contributed by atoms with van der Waals surface area (Å²) in [6.07, 6.45) is 35.6. The zero-order chi connectivity index (χ0) is 38.8. The summed E-state index contributed by atoms with van der Waals surface area (Å²) in [5.74, 6) is -0.210. The summed E-state index contributed by atoms with van der Waals surface area (Å²) in [7, 11) is 0. The number of nitrogens with one attached hydrogen (secondary N) is 1. The summed E-state index contributed by atoms with van der Waals surface area (Å²) < 4.78 is 11.1. The van der Waals surface area contributed by atoms with Gasteiger partial charge in [-0.3, -0.25) is 4.79 Å². The van der Waals surface area contributed by atoms with E-state index >= 15 is 0 Å². The Morgan fingerprint density at radius 3 is 1.58 bits per heavy atom. The van der Waals surface area contributed by atoms with E-state index < -0.39 is 49.5 Å². The molecular formula is C44H81NO8. The molecule has 0 bridgehead atoms. The predicted octanol–water partition coefficient (Wildman–Crippen LogP) is 8.50. The molecule has 310 valence electrons. The Bertz CT molecular complexity index is 925. The monoisotopic (exact) mass is 752 g/mol. The Balaban J connectivity index is 2.21. The predicted molar refractivity (Wildman–Crippen MR) is 216 cm³/mol. The minimum atomic E-state index is -1.57. The van der Waals surface area contributed by atoms with Crippen LogP contribution in [0.1, 0.15) is 181 Å². The lowest BCUT2D eigenvalue weighted by atomic mass is 9.99. The van der Waals surface area contributed by atoms with Crippen molar-refractivity contribution < 1.29 is 39.8 Å². The molecule has 9 nitrogen and oxygen atoms in total. The van der Waals surface area contributed by atoms with Crippen LogP contribution >= 0.6 is 0 Å². The van der Waals surface area contributed by atoms with Gasteiger partial charge in [0.05, 0.1) is 25.4 Å². The number of unbranched alkanes of at least 4 members (excludes halogenated alkanes) is 21. The van der Waals surface area contributed by atoms with E-state index in [1.54, 1.807) is 6.08 Å². The first-order valence-electron chi connectivity index (χ1n) is 21.7. The first kappa shape index (κ1) is 49.4. The third-order valence-electron chi connectivity index (χ3n) is 10.2. The summed E-state index contributed by atoms with van der Waals surface area (Å²) in [5, 5.41) is 53.6. The lowest BCUT2D eigenvalue weighted by Gasteiger charge is -2.40. The van der Waals surface area contributed by atoms with E-state index in [1.807, 2.05) is 6.08 Å². The molecule has 1 aliphatic rings. The smallest absolute Gasteiger partial charge is 0.220 e. The number of hydrogen-bond acceptors (Lipinski definition) is 8. The van der Waals surface area contributed by atoms with E-state index in [1.165, 1.54) is 109 Å². The second kappa shape index (κ2) is 34.9. The van der Waals surface area contributed by atoms with E-state index in [0.29, 0.717) is 6.42 Å². The van der Waals surface area contributed by atoms with Crippen LogP contribution in [0.4, 0.5) is 0 Å². The summed E-state index contributed by atoms with van der Waals surface area (Å²) in [4.78, 5) is 12.6. The Hall–Kier alpha value is -1.59. The quantitative estimate of drug-likeness (QED) is 0.0279. The molecule has 7 atom stereocenters. The summed E-state index contributed by atoms with van der Waals surface area (Å²) >= 11 is 0. The van der Waals surface area contributed by atoms with Gasteiger partial charge < -0.3 is 40.3 Å². The molecule has 0 aromatic heterocycles. The molecule has 6 N–H and O–H groups in total. The minimum absolute atomic E-state index is 0.207. The van der Waals surface area contributed by atoms with Crippen molar-refractivity contribution >= 4 is 5.91 Å².